The van der Waals surface area contributed by atoms with Crippen molar-refractivity contribution in [3.8, 4) is 0 Å². The number of hydrogen-bond donors (Lipinski definition) is 4. The van der Waals surface area contributed by atoms with Crippen LogP contribution in [0.4, 0.5) is 4.79 Å². The predicted octanol–water partition coefficient (Wildman–Crippen LogP) is -0.423. The maximum atomic E-state index is 11.5. The molecule has 0 aliphatic carbocycles. The van der Waals surface area contributed by atoms with E-state index in [1.807, 2.05) is 5.32 Å². The normalized spacial score (nSPS) is 12.4. The Morgan fingerprint density at radius 1 is 1.26 bits per heavy atom. The summed E-state index contributed by atoms with van der Waals surface area (Å²) in [6, 6.07) is -1.31. The Morgan fingerprint density at radius 3 is 2.21 bits per heavy atom. The number of urea groups is 1. The number of nitrogens with two attached hydrogens (primary N) is 1. The zero-order valence-corrected chi connectivity index (χ0v) is 11.1. The Balaban J connectivity index is 4.24. The van der Waals surface area contributed by atoms with E-state index >= 15 is 0 Å². The molecule has 0 bridgehead atoms. The molecular formula is C11H19N3O5. The maximum Gasteiger partial charge on any atom is 0.321 e. The van der Waals surface area contributed by atoms with Crippen LogP contribution in [0.1, 0.15) is 33.6 Å². The molecule has 0 heterocycles. The van der Waals surface area contributed by atoms with Crippen LogP contribution in [0.2, 0.25) is 0 Å². The van der Waals surface area contributed by atoms with Gasteiger partial charge in [-0.05, 0) is 20.8 Å². The Kier molecular flexibility index (Phi) is 5.97. The van der Waals surface area contributed by atoms with Crippen molar-refractivity contribution < 1.29 is 24.3 Å². The summed E-state index contributed by atoms with van der Waals surface area (Å²) in [6.07, 6.45) is -0.387. The van der Waals surface area contributed by atoms with Crippen LogP contribution in [0.3, 0.4) is 0 Å². The minimum atomic E-state index is -1.26. The molecule has 5 N–H and O–H groups in total. The molecule has 1 atom stereocenters. The molecule has 0 aromatic rings. The molecule has 108 valence electrons. The highest BCUT2D eigenvalue weighted by atomic mass is 16.4. The van der Waals surface area contributed by atoms with Crippen molar-refractivity contribution in [3.63, 3.8) is 0 Å². The molecule has 4 amide bonds. The van der Waals surface area contributed by atoms with E-state index in [0.717, 1.165) is 0 Å². The Morgan fingerprint density at radius 2 is 1.79 bits per heavy atom. The van der Waals surface area contributed by atoms with Crippen LogP contribution in [-0.2, 0) is 14.4 Å². The maximum absolute atomic E-state index is 11.5. The van der Waals surface area contributed by atoms with E-state index in [-0.39, 0.29) is 12.8 Å². The average molecular weight is 273 g/mol. The summed E-state index contributed by atoms with van der Waals surface area (Å²) in [5.74, 6) is -2.42. The third-order valence-electron chi connectivity index (χ3n) is 2.32. The van der Waals surface area contributed by atoms with Gasteiger partial charge in [0.2, 0.25) is 11.8 Å². The zero-order chi connectivity index (χ0) is 15.2. The summed E-state index contributed by atoms with van der Waals surface area (Å²) in [5, 5.41) is 13.2. The molecule has 0 saturated carbocycles. The molecule has 0 rings (SSSR count). The van der Waals surface area contributed by atoms with Crippen LogP contribution in [0.5, 0.6) is 0 Å². The summed E-state index contributed by atoms with van der Waals surface area (Å²) < 4.78 is 0. The van der Waals surface area contributed by atoms with Gasteiger partial charge in [0, 0.05) is 18.9 Å². The number of rotatable bonds is 6. The Hall–Kier alpha value is -2.12. The summed E-state index contributed by atoms with van der Waals surface area (Å²) in [5.41, 5.74) is 3.68. The van der Waals surface area contributed by atoms with Crippen molar-refractivity contribution >= 4 is 23.8 Å². The lowest BCUT2D eigenvalue weighted by molar-refractivity contribution is -0.149. The van der Waals surface area contributed by atoms with Crippen LogP contribution in [0, 0.1) is 5.41 Å². The number of aliphatic carboxylic acids is 1. The van der Waals surface area contributed by atoms with Gasteiger partial charge in [0.1, 0.15) is 0 Å². The molecule has 0 fully saturated rings. The van der Waals surface area contributed by atoms with Gasteiger partial charge >= 0.3 is 12.0 Å². The second kappa shape index (κ2) is 6.72. The fraction of sp³-hybridized carbons (Fsp3) is 0.636. The monoisotopic (exact) mass is 273 g/mol. The minimum absolute atomic E-state index is 0.0533. The lowest BCUT2D eigenvalue weighted by atomic mass is 9.89. The highest BCUT2D eigenvalue weighted by molar-refractivity contribution is 5.96. The summed E-state index contributed by atoms with van der Waals surface area (Å²) in [6.45, 7) is 4.31. The number of carbonyl (C=O) groups is 4. The molecular weight excluding hydrogens is 254 g/mol. The van der Waals surface area contributed by atoms with E-state index in [9.17, 15) is 19.2 Å². The molecule has 0 aliphatic rings. The van der Waals surface area contributed by atoms with E-state index in [1.54, 1.807) is 6.92 Å². The largest absolute Gasteiger partial charge is 0.481 e. The number of carbonyl (C=O) groups excluding carboxylic acids is 3. The van der Waals surface area contributed by atoms with Crippen molar-refractivity contribution in [1.82, 2.24) is 10.6 Å². The topological polar surface area (TPSA) is 139 Å². The molecule has 0 saturated heterocycles. The van der Waals surface area contributed by atoms with Crippen LogP contribution in [0.15, 0.2) is 0 Å². The van der Waals surface area contributed by atoms with Gasteiger partial charge in [0.15, 0.2) is 0 Å². The molecule has 0 aromatic carbocycles. The number of carboxylic acid groups (broad SMARTS) is 1. The van der Waals surface area contributed by atoms with E-state index in [1.165, 1.54) is 13.8 Å². The highest BCUT2D eigenvalue weighted by Gasteiger charge is 2.30. The van der Waals surface area contributed by atoms with Crippen molar-refractivity contribution in [2.45, 2.75) is 39.7 Å². The molecule has 0 radical (unpaired) electrons. The Bertz CT molecular complexity index is 392. The van der Waals surface area contributed by atoms with Crippen molar-refractivity contribution in [1.29, 1.82) is 0 Å². The second-order valence-electron chi connectivity index (χ2n) is 4.96. The molecule has 1 unspecified atom stereocenters. The first-order valence-electron chi connectivity index (χ1n) is 5.66. The zero-order valence-electron chi connectivity index (χ0n) is 11.1. The van der Waals surface area contributed by atoms with E-state index in [2.05, 4.69) is 5.32 Å². The van der Waals surface area contributed by atoms with Gasteiger partial charge < -0.3 is 16.2 Å². The highest BCUT2D eigenvalue weighted by Crippen LogP contribution is 2.19. The van der Waals surface area contributed by atoms with Crippen molar-refractivity contribution in [3.05, 3.63) is 0 Å². The third kappa shape index (κ3) is 7.02. The summed E-state index contributed by atoms with van der Waals surface area (Å²) in [4.78, 5) is 44.2. The SMILES string of the molecule is CC(CC(N)=O)NC(=O)NC(=O)CC(C)(C)C(=O)O. The summed E-state index contributed by atoms with van der Waals surface area (Å²) in [7, 11) is 0. The smallest absolute Gasteiger partial charge is 0.321 e. The molecule has 0 aliphatic heterocycles. The number of primary amides is 1. The van der Waals surface area contributed by atoms with Gasteiger partial charge in [-0.1, -0.05) is 0 Å². The number of imide groups is 1. The number of hydrogen-bond acceptors (Lipinski definition) is 4. The molecule has 19 heavy (non-hydrogen) atoms. The fourth-order valence-corrected chi connectivity index (χ4v) is 1.26. The molecule has 0 spiro atoms. The van der Waals surface area contributed by atoms with Gasteiger partial charge in [0.05, 0.1) is 5.41 Å². The Labute approximate surface area is 110 Å². The van der Waals surface area contributed by atoms with Gasteiger partial charge in [0.25, 0.3) is 0 Å². The number of carboxylic acids is 1. The lowest BCUT2D eigenvalue weighted by Crippen LogP contribution is -2.46. The van der Waals surface area contributed by atoms with E-state index < -0.39 is 35.3 Å². The molecule has 8 nitrogen and oxygen atoms in total. The van der Waals surface area contributed by atoms with Crippen LogP contribution >= 0.6 is 0 Å². The van der Waals surface area contributed by atoms with Crippen LogP contribution < -0.4 is 16.4 Å². The van der Waals surface area contributed by atoms with Crippen molar-refractivity contribution in [2.75, 3.05) is 0 Å². The predicted molar refractivity (Wildman–Crippen MR) is 66.0 cm³/mol. The molecule has 8 heteroatoms. The van der Waals surface area contributed by atoms with Crippen molar-refractivity contribution in [2.24, 2.45) is 11.1 Å². The first-order valence-corrected chi connectivity index (χ1v) is 5.66. The molecule has 0 aromatic heterocycles. The van der Waals surface area contributed by atoms with Gasteiger partial charge in [-0.15, -0.1) is 0 Å². The van der Waals surface area contributed by atoms with Crippen LogP contribution in [0.25, 0.3) is 0 Å². The first kappa shape index (κ1) is 16.9. The number of nitrogens with one attached hydrogen (secondary N) is 2. The fourth-order valence-electron chi connectivity index (χ4n) is 1.26. The average Bonchev–Trinajstić information content (AvgIpc) is 2.12. The second-order valence-corrected chi connectivity index (χ2v) is 4.96. The number of amides is 4. The van der Waals surface area contributed by atoms with Crippen LogP contribution in [-0.4, -0.2) is 35.0 Å². The van der Waals surface area contributed by atoms with E-state index in [0.29, 0.717) is 0 Å². The van der Waals surface area contributed by atoms with Gasteiger partial charge in [-0.2, -0.15) is 0 Å². The van der Waals surface area contributed by atoms with Gasteiger partial charge in [-0.3, -0.25) is 19.7 Å². The van der Waals surface area contributed by atoms with E-state index in [4.69, 9.17) is 10.8 Å². The standard InChI is InChI=1S/C11H19N3O5/c1-6(4-7(12)15)13-10(19)14-8(16)5-11(2,3)9(17)18/h6H,4-5H2,1-3H3,(H2,12,15)(H,17,18)(H2,13,14,16,19). The van der Waals surface area contributed by atoms with Gasteiger partial charge in [-0.25, -0.2) is 4.79 Å². The summed E-state index contributed by atoms with van der Waals surface area (Å²) >= 11 is 0. The lowest BCUT2D eigenvalue weighted by Gasteiger charge is -2.18. The quantitative estimate of drug-likeness (QED) is 0.520. The first-order chi connectivity index (χ1) is 8.54. The third-order valence-corrected chi connectivity index (χ3v) is 2.32. The minimum Gasteiger partial charge on any atom is -0.481 e.